The maximum Gasteiger partial charge on any atom is 0.219 e. The van der Waals surface area contributed by atoms with Crippen LogP contribution in [0.4, 0.5) is 0 Å². The summed E-state index contributed by atoms with van der Waals surface area (Å²) in [6.07, 6.45) is 4.51. The van der Waals surface area contributed by atoms with Gasteiger partial charge in [0.15, 0.2) is 0 Å². The zero-order valence-corrected chi connectivity index (χ0v) is 19.3. The summed E-state index contributed by atoms with van der Waals surface area (Å²) >= 11 is 0. The molecular formula is C23H29N3O4S. The predicted octanol–water partition coefficient (Wildman–Crippen LogP) is 4.02. The average Bonchev–Trinajstić information content (AvgIpc) is 3.37. The molecule has 1 saturated heterocycles. The van der Waals surface area contributed by atoms with Gasteiger partial charge in [0.25, 0.3) is 0 Å². The van der Waals surface area contributed by atoms with E-state index in [-0.39, 0.29) is 21.1 Å². The van der Waals surface area contributed by atoms with Crippen molar-refractivity contribution in [2.75, 3.05) is 13.1 Å². The largest absolute Gasteiger partial charge is 0.471 e. The van der Waals surface area contributed by atoms with E-state index >= 15 is 0 Å². The third-order valence-electron chi connectivity index (χ3n) is 6.01. The second kappa shape index (κ2) is 7.82. The Hall–Kier alpha value is -2.61. The molecule has 8 heteroatoms. The van der Waals surface area contributed by atoms with E-state index < -0.39 is 9.84 Å². The molecule has 1 fully saturated rings. The lowest BCUT2D eigenvalue weighted by Crippen LogP contribution is -2.38. The van der Waals surface area contributed by atoms with Gasteiger partial charge in [0.1, 0.15) is 17.0 Å². The molecule has 1 aromatic carbocycles. The molecule has 0 spiro atoms. The minimum Gasteiger partial charge on any atom is -0.471 e. The molecule has 1 aliphatic rings. The molecule has 1 amide bonds. The number of hydrogen-bond acceptors (Lipinski definition) is 5. The molecule has 0 N–H and O–H groups in total. The minimum atomic E-state index is -3.65. The summed E-state index contributed by atoms with van der Waals surface area (Å²) in [4.78, 5) is 18.7. The molecule has 2 aromatic heterocycles. The van der Waals surface area contributed by atoms with Crippen molar-refractivity contribution in [3.8, 4) is 0 Å². The Balaban J connectivity index is 1.70. The third-order valence-corrected chi connectivity index (χ3v) is 7.73. The molecule has 31 heavy (non-hydrogen) atoms. The van der Waals surface area contributed by atoms with Crippen LogP contribution < -0.4 is 0 Å². The normalized spacial score (nSPS) is 16.2. The van der Waals surface area contributed by atoms with E-state index in [9.17, 15) is 13.2 Å². The lowest BCUT2D eigenvalue weighted by atomic mass is 9.93. The standard InChI is InChI=1S/C23H29N3O4S/c1-16(27)25-10-7-17(8-11-25)14-26-21-6-5-18(31(28,29)19-9-12-30-15-19)13-20(21)24-22(26)23(2,3)4/h5-6,9,12-13,15,17H,7-8,10-11,14H2,1-4H3. The van der Waals surface area contributed by atoms with Gasteiger partial charge < -0.3 is 13.9 Å². The number of amides is 1. The number of fused-ring (bicyclic) bond motifs is 1. The van der Waals surface area contributed by atoms with E-state index in [1.807, 2.05) is 11.0 Å². The van der Waals surface area contributed by atoms with Crippen molar-refractivity contribution in [1.82, 2.24) is 14.5 Å². The van der Waals surface area contributed by atoms with Crippen molar-refractivity contribution in [3.05, 3.63) is 42.6 Å². The van der Waals surface area contributed by atoms with Crippen LogP contribution in [0.25, 0.3) is 11.0 Å². The highest BCUT2D eigenvalue weighted by atomic mass is 32.2. The summed E-state index contributed by atoms with van der Waals surface area (Å²) in [5, 5.41) is 0. The van der Waals surface area contributed by atoms with Crippen LogP contribution in [0, 0.1) is 5.92 Å². The summed E-state index contributed by atoms with van der Waals surface area (Å²) in [6, 6.07) is 6.61. The van der Waals surface area contributed by atoms with Gasteiger partial charge in [-0.15, -0.1) is 0 Å². The predicted molar refractivity (Wildman–Crippen MR) is 118 cm³/mol. The second-order valence-electron chi connectivity index (χ2n) is 9.36. The van der Waals surface area contributed by atoms with E-state index in [4.69, 9.17) is 9.40 Å². The van der Waals surface area contributed by atoms with Crippen molar-refractivity contribution in [3.63, 3.8) is 0 Å². The quantitative estimate of drug-likeness (QED) is 0.608. The summed E-state index contributed by atoms with van der Waals surface area (Å²) in [5.41, 5.74) is 1.42. The number of nitrogens with zero attached hydrogens (tertiary/aromatic N) is 3. The van der Waals surface area contributed by atoms with Gasteiger partial charge in [-0.2, -0.15) is 0 Å². The number of hydrogen-bond donors (Lipinski definition) is 0. The van der Waals surface area contributed by atoms with Crippen LogP contribution in [0.5, 0.6) is 0 Å². The molecule has 0 saturated carbocycles. The van der Waals surface area contributed by atoms with Gasteiger partial charge in [-0.25, -0.2) is 13.4 Å². The van der Waals surface area contributed by atoms with Gasteiger partial charge in [-0.1, -0.05) is 20.8 Å². The number of benzene rings is 1. The van der Waals surface area contributed by atoms with Crippen molar-refractivity contribution < 1.29 is 17.6 Å². The van der Waals surface area contributed by atoms with Gasteiger partial charge in [0.2, 0.25) is 15.7 Å². The molecular weight excluding hydrogens is 414 g/mol. The molecule has 3 heterocycles. The Morgan fingerprint density at radius 1 is 1.16 bits per heavy atom. The van der Waals surface area contributed by atoms with Gasteiger partial charge in [-0.05, 0) is 43.0 Å². The van der Waals surface area contributed by atoms with Crippen LogP contribution in [0.3, 0.4) is 0 Å². The van der Waals surface area contributed by atoms with Crippen LogP contribution in [-0.2, 0) is 26.6 Å². The first-order chi connectivity index (χ1) is 14.6. The van der Waals surface area contributed by atoms with Crippen LogP contribution in [0.1, 0.15) is 46.4 Å². The maximum atomic E-state index is 12.9. The van der Waals surface area contributed by atoms with Gasteiger partial charge in [0.05, 0.1) is 22.2 Å². The number of aromatic nitrogens is 2. The van der Waals surface area contributed by atoms with Crippen molar-refractivity contribution in [2.45, 2.75) is 62.3 Å². The number of rotatable bonds is 4. The number of carbonyl (C=O) groups is 1. The zero-order valence-electron chi connectivity index (χ0n) is 18.5. The maximum absolute atomic E-state index is 12.9. The molecule has 0 radical (unpaired) electrons. The number of sulfone groups is 1. The highest BCUT2D eigenvalue weighted by Gasteiger charge is 2.28. The highest BCUT2D eigenvalue weighted by molar-refractivity contribution is 7.91. The first kappa shape index (κ1) is 21.6. The molecule has 3 aromatic rings. The first-order valence-corrected chi connectivity index (χ1v) is 12.1. The summed E-state index contributed by atoms with van der Waals surface area (Å²) < 4.78 is 33.0. The minimum absolute atomic E-state index is 0.133. The second-order valence-corrected chi connectivity index (χ2v) is 11.3. The van der Waals surface area contributed by atoms with Gasteiger partial charge in [0, 0.05) is 32.0 Å². The Morgan fingerprint density at radius 3 is 2.45 bits per heavy atom. The number of furan rings is 1. The van der Waals surface area contributed by atoms with Crippen LogP contribution in [0.2, 0.25) is 0 Å². The molecule has 0 atom stereocenters. The van der Waals surface area contributed by atoms with E-state index in [1.54, 1.807) is 19.1 Å². The summed E-state index contributed by atoms with van der Waals surface area (Å²) in [6.45, 7) is 10.3. The molecule has 166 valence electrons. The van der Waals surface area contributed by atoms with Crippen molar-refractivity contribution in [1.29, 1.82) is 0 Å². The monoisotopic (exact) mass is 443 g/mol. The lowest BCUT2D eigenvalue weighted by Gasteiger charge is -2.32. The number of piperidine rings is 1. The van der Waals surface area contributed by atoms with Gasteiger partial charge >= 0.3 is 0 Å². The number of likely N-dealkylation sites (tertiary alicyclic amines) is 1. The summed E-state index contributed by atoms with van der Waals surface area (Å²) in [5.74, 6) is 1.52. The Morgan fingerprint density at radius 2 is 1.87 bits per heavy atom. The van der Waals surface area contributed by atoms with E-state index in [1.165, 1.54) is 18.6 Å². The van der Waals surface area contributed by atoms with Crippen molar-refractivity contribution >= 4 is 26.8 Å². The van der Waals surface area contributed by atoms with Crippen molar-refractivity contribution in [2.24, 2.45) is 5.92 Å². The van der Waals surface area contributed by atoms with Crippen LogP contribution in [0.15, 0.2) is 51.0 Å². The fourth-order valence-corrected chi connectivity index (χ4v) is 5.47. The van der Waals surface area contributed by atoms with Crippen LogP contribution >= 0.6 is 0 Å². The van der Waals surface area contributed by atoms with E-state index in [2.05, 4.69) is 25.3 Å². The lowest BCUT2D eigenvalue weighted by molar-refractivity contribution is -0.130. The molecule has 0 aliphatic carbocycles. The Kier molecular flexibility index (Phi) is 5.45. The smallest absolute Gasteiger partial charge is 0.219 e. The highest BCUT2D eigenvalue weighted by Crippen LogP contribution is 2.31. The number of carbonyl (C=O) groups excluding carboxylic acids is 1. The molecule has 7 nitrogen and oxygen atoms in total. The Labute approximate surface area is 183 Å². The molecule has 1 aliphatic heterocycles. The fourth-order valence-electron chi connectivity index (χ4n) is 4.26. The average molecular weight is 444 g/mol. The zero-order chi connectivity index (χ0) is 22.4. The van der Waals surface area contributed by atoms with Crippen LogP contribution in [-0.4, -0.2) is 41.9 Å². The third kappa shape index (κ3) is 4.13. The molecule has 4 rings (SSSR count). The van der Waals surface area contributed by atoms with E-state index in [0.29, 0.717) is 11.4 Å². The molecule has 0 unspecified atom stereocenters. The SMILES string of the molecule is CC(=O)N1CCC(Cn2c(C(C)(C)C)nc3cc(S(=O)(=O)c4ccoc4)ccc32)CC1. The topological polar surface area (TPSA) is 85.4 Å². The Bertz CT molecular complexity index is 1200. The number of imidazole rings is 1. The fraction of sp³-hybridized carbons (Fsp3) is 0.478. The van der Waals surface area contributed by atoms with E-state index in [0.717, 1.165) is 43.8 Å². The first-order valence-electron chi connectivity index (χ1n) is 10.6. The van der Waals surface area contributed by atoms with Gasteiger partial charge in [-0.3, -0.25) is 4.79 Å². The summed E-state index contributed by atoms with van der Waals surface area (Å²) in [7, 11) is -3.65. The molecule has 0 bridgehead atoms.